The molecule has 2 aliphatic heterocycles. The molecule has 0 aromatic heterocycles. The van der Waals surface area contributed by atoms with Gasteiger partial charge in [-0.2, -0.15) is 0 Å². The lowest BCUT2D eigenvalue weighted by Crippen LogP contribution is -2.59. The van der Waals surface area contributed by atoms with Gasteiger partial charge in [-0.15, -0.1) is 0 Å². The van der Waals surface area contributed by atoms with E-state index in [-0.39, 0.29) is 11.9 Å². The number of hydrogen-bond acceptors (Lipinski definition) is 5. The average Bonchev–Trinajstić information content (AvgIpc) is 3.06. The molecule has 0 saturated carbocycles. The molecule has 2 saturated heterocycles. The van der Waals surface area contributed by atoms with Crippen LogP contribution in [0.3, 0.4) is 0 Å². The van der Waals surface area contributed by atoms with Crippen LogP contribution in [0.2, 0.25) is 0 Å². The van der Waals surface area contributed by atoms with Gasteiger partial charge in [-0.25, -0.2) is 9.59 Å². The highest BCUT2D eigenvalue weighted by Crippen LogP contribution is 2.29. The molecule has 0 radical (unpaired) electrons. The fourth-order valence-electron chi connectivity index (χ4n) is 3.16. The van der Waals surface area contributed by atoms with E-state index in [0.29, 0.717) is 19.4 Å². The van der Waals surface area contributed by atoms with Crippen molar-refractivity contribution in [2.24, 2.45) is 0 Å². The summed E-state index contributed by atoms with van der Waals surface area (Å²) in [6.45, 7) is 5.76. The van der Waals surface area contributed by atoms with Gasteiger partial charge in [0.05, 0.1) is 0 Å². The zero-order valence-corrected chi connectivity index (χ0v) is 15.2. The van der Waals surface area contributed by atoms with E-state index in [1.54, 1.807) is 20.8 Å². The third kappa shape index (κ3) is 3.81. The number of ether oxygens (including phenoxy) is 2. The molecule has 3 atom stereocenters. The fourth-order valence-corrected chi connectivity index (χ4v) is 3.16. The number of amides is 2. The van der Waals surface area contributed by atoms with Gasteiger partial charge in [0.1, 0.15) is 17.7 Å². The van der Waals surface area contributed by atoms with Gasteiger partial charge < -0.3 is 14.8 Å². The van der Waals surface area contributed by atoms with Gasteiger partial charge in [-0.05, 0) is 39.2 Å². The lowest BCUT2D eigenvalue weighted by Gasteiger charge is -2.37. The number of carbonyl (C=O) groups is 3. The summed E-state index contributed by atoms with van der Waals surface area (Å²) in [5.74, 6) is -0.886. The van der Waals surface area contributed by atoms with E-state index in [4.69, 9.17) is 9.47 Å². The van der Waals surface area contributed by atoms with Gasteiger partial charge in [-0.1, -0.05) is 30.3 Å². The summed E-state index contributed by atoms with van der Waals surface area (Å²) in [5.41, 5.74) is 0.237. The van der Waals surface area contributed by atoms with Crippen LogP contribution >= 0.6 is 0 Å². The molecule has 2 heterocycles. The third-order valence-electron chi connectivity index (χ3n) is 4.41. The molecule has 140 valence electrons. The predicted molar refractivity (Wildman–Crippen MR) is 93.2 cm³/mol. The predicted octanol–water partition coefficient (Wildman–Crippen LogP) is 2.17. The summed E-state index contributed by atoms with van der Waals surface area (Å²) >= 11 is 0. The second-order valence-electron chi connectivity index (χ2n) is 7.59. The zero-order chi connectivity index (χ0) is 18.9. The lowest BCUT2D eigenvalue weighted by atomic mass is 9.94. The second kappa shape index (κ2) is 6.97. The Labute approximate surface area is 152 Å². The van der Waals surface area contributed by atoms with Crippen LogP contribution in [0, 0.1) is 0 Å². The Morgan fingerprint density at radius 3 is 2.50 bits per heavy atom. The third-order valence-corrected chi connectivity index (χ3v) is 4.41. The van der Waals surface area contributed by atoms with E-state index < -0.39 is 29.8 Å². The summed E-state index contributed by atoms with van der Waals surface area (Å²) in [5, 5.41) is 2.75. The number of hydrogen-bond donors (Lipinski definition) is 1. The van der Waals surface area contributed by atoms with Crippen LogP contribution in [0.5, 0.6) is 0 Å². The minimum Gasteiger partial charge on any atom is -0.448 e. The number of β-lactam (4-membered cyclic amide) rings is 1. The standard InChI is InChI=1S/C19H24N2O5/c1-19(2,3)26-18(24)21-11-7-10-13(21)17(23)25-15-14(20-16(15)22)12-8-5-4-6-9-12/h4-6,8-9,13-15H,7,10-11H2,1-3H3,(H,20,22)/t13-,14-,15+/m1/s1. The first-order chi connectivity index (χ1) is 12.3. The fraction of sp³-hybridized carbons (Fsp3) is 0.526. The molecule has 0 spiro atoms. The lowest BCUT2D eigenvalue weighted by molar-refractivity contribution is -0.169. The number of carbonyl (C=O) groups excluding carboxylic acids is 3. The normalized spacial score (nSPS) is 25.3. The largest absolute Gasteiger partial charge is 0.448 e. The summed E-state index contributed by atoms with van der Waals surface area (Å²) < 4.78 is 10.8. The first-order valence-electron chi connectivity index (χ1n) is 8.82. The molecule has 7 heteroatoms. The van der Waals surface area contributed by atoms with Crippen LogP contribution in [0.25, 0.3) is 0 Å². The van der Waals surface area contributed by atoms with Crippen molar-refractivity contribution in [3.8, 4) is 0 Å². The maximum atomic E-state index is 12.6. The molecule has 2 fully saturated rings. The van der Waals surface area contributed by atoms with Crippen molar-refractivity contribution >= 4 is 18.0 Å². The van der Waals surface area contributed by atoms with Gasteiger partial charge in [0.2, 0.25) is 6.10 Å². The van der Waals surface area contributed by atoms with E-state index in [1.807, 2.05) is 30.3 Å². The minimum absolute atomic E-state index is 0.325. The number of nitrogens with one attached hydrogen (secondary N) is 1. The van der Waals surface area contributed by atoms with Crippen molar-refractivity contribution < 1.29 is 23.9 Å². The quantitative estimate of drug-likeness (QED) is 0.660. The second-order valence-corrected chi connectivity index (χ2v) is 7.59. The van der Waals surface area contributed by atoms with Crippen LogP contribution in [-0.4, -0.2) is 47.2 Å². The first-order valence-corrected chi connectivity index (χ1v) is 8.82. The summed E-state index contributed by atoms with van der Waals surface area (Å²) in [6.07, 6.45) is -0.207. The molecule has 1 aromatic rings. The number of rotatable bonds is 3. The van der Waals surface area contributed by atoms with Gasteiger partial charge in [0.25, 0.3) is 5.91 Å². The Kier molecular flexibility index (Phi) is 4.89. The van der Waals surface area contributed by atoms with Crippen molar-refractivity contribution in [2.75, 3.05) is 6.54 Å². The molecule has 2 amide bonds. The number of nitrogens with zero attached hydrogens (tertiary/aromatic N) is 1. The molecule has 1 N–H and O–H groups in total. The maximum Gasteiger partial charge on any atom is 0.411 e. The SMILES string of the molecule is CC(C)(C)OC(=O)N1CCC[C@@H]1C(=O)O[C@@H]1C(=O)N[C@@H]1c1ccccc1. The number of likely N-dealkylation sites (tertiary alicyclic amines) is 1. The zero-order valence-electron chi connectivity index (χ0n) is 15.2. The van der Waals surface area contributed by atoms with E-state index in [2.05, 4.69) is 5.32 Å². The Hall–Kier alpha value is -2.57. The van der Waals surface area contributed by atoms with Crippen LogP contribution in [-0.2, 0) is 19.1 Å². The van der Waals surface area contributed by atoms with Crippen molar-refractivity contribution in [3.63, 3.8) is 0 Å². The van der Waals surface area contributed by atoms with Crippen molar-refractivity contribution in [1.82, 2.24) is 10.2 Å². The monoisotopic (exact) mass is 360 g/mol. The van der Waals surface area contributed by atoms with Crippen LogP contribution in [0.1, 0.15) is 45.2 Å². The Bertz CT molecular complexity index is 698. The average molecular weight is 360 g/mol. The molecule has 0 aliphatic carbocycles. The molecular formula is C19H24N2O5. The van der Waals surface area contributed by atoms with Crippen molar-refractivity contribution in [2.45, 2.75) is 57.4 Å². The molecular weight excluding hydrogens is 336 g/mol. The van der Waals surface area contributed by atoms with E-state index in [9.17, 15) is 14.4 Å². The summed E-state index contributed by atoms with van der Waals surface area (Å²) in [7, 11) is 0. The van der Waals surface area contributed by atoms with E-state index in [0.717, 1.165) is 5.56 Å². The van der Waals surface area contributed by atoms with Gasteiger partial charge in [0, 0.05) is 6.54 Å². The van der Waals surface area contributed by atoms with E-state index in [1.165, 1.54) is 4.90 Å². The topological polar surface area (TPSA) is 84.9 Å². The van der Waals surface area contributed by atoms with Gasteiger partial charge in [-0.3, -0.25) is 9.69 Å². The maximum absolute atomic E-state index is 12.6. The summed E-state index contributed by atoms with van der Waals surface area (Å²) in [4.78, 5) is 38.2. The Balaban J connectivity index is 1.65. The Morgan fingerprint density at radius 1 is 1.19 bits per heavy atom. The van der Waals surface area contributed by atoms with E-state index >= 15 is 0 Å². The minimum atomic E-state index is -0.869. The van der Waals surface area contributed by atoms with Crippen molar-refractivity contribution in [3.05, 3.63) is 35.9 Å². The molecule has 1 aromatic carbocycles. The molecule has 3 rings (SSSR count). The smallest absolute Gasteiger partial charge is 0.411 e. The molecule has 7 nitrogen and oxygen atoms in total. The van der Waals surface area contributed by atoms with Crippen LogP contribution in [0.15, 0.2) is 30.3 Å². The van der Waals surface area contributed by atoms with Gasteiger partial charge >= 0.3 is 12.1 Å². The highest BCUT2D eigenvalue weighted by atomic mass is 16.6. The van der Waals surface area contributed by atoms with Crippen LogP contribution in [0.4, 0.5) is 4.79 Å². The van der Waals surface area contributed by atoms with Crippen molar-refractivity contribution in [1.29, 1.82) is 0 Å². The highest BCUT2D eigenvalue weighted by Gasteiger charge is 2.46. The molecule has 26 heavy (non-hydrogen) atoms. The number of benzene rings is 1. The first kappa shape index (κ1) is 18.2. The molecule has 0 bridgehead atoms. The molecule has 2 aliphatic rings. The van der Waals surface area contributed by atoms with Crippen LogP contribution < -0.4 is 5.32 Å². The highest BCUT2D eigenvalue weighted by molar-refractivity contribution is 5.92. The summed E-state index contributed by atoms with van der Waals surface area (Å²) in [6, 6.07) is 8.27. The molecule has 0 unspecified atom stereocenters. The number of esters is 1. The Morgan fingerprint density at radius 2 is 1.88 bits per heavy atom. The van der Waals surface area contributed by atoms with Gasteiger partial charge in [0.15, 0.2) is 0 Å².